The van der Waals surface area contributed by atoms with Crippen molar-refractivity contribution in [3.63, 3.8) is 0 Å². The van der Waals surface area contributed by atoms with E-state index in [0.717, 1.165) is 12.1 Å². The van der Waals surface area contributed by atoms with Gasteiger partial charge in [-0.2, -0.15) is 0 Å². The Hall–Kier alpha value is -1.40. The van der Waals surface area contributed by atoms with Crippen molar-refractivity contribution in [1.82, 2.24) is 0 Å². The maximum absolute atomic E-state index is 13.0. The van der Waals surface area contributed by atoms with Crippen molar-refractivity contribution in [3.8, 4) is 12.3 Å². The first kappa shape index (κ1) is 10.7. The minimum absolute atomic E-state index is 0.107. The highest BCUT2D eigenvalue weighted by Crippen LogP contribution is 2.12. The fraction of sp³-hybridized carbons (Fsp3) is 0.273. The Morgan fingerprint density at radius 3 is 2.71 bits per heavy atom. The van der Waals surface area contributed by atoms with E-state index in [1.54, 1.807) is 0 Å². The Morgan fingerprint density at radius 2 is 2.14 bits per heavy atom. The van der Waals surface area contributed by atoms with E-state index in [-0.39, 0.29) is 18.4 Å². The van der Waals surface area contributed by atoms with Crippen molar-refractivity contribution < 1.29 is 13.9 Å². The maximum Gasteiger partial charge on any atom is 0.129 e. The normalized spacial score (nSPS) is 12.1. The summed E-state index contributed by atoms with van der Waals surface area (Å²) in [5.41, 5.74) is 0.272. The molecule has 0 heterocycles. The molecule has 0 aliphatic heterocycles. The summed E-state index contributed by atoms with van der Waals surface area (Å²) < 4.78 is 25.5. The van der Waals surface area contributed by atoms with Crippen LogP contribution in [0.1, 0.15) is 12.0 Å². The molecule has 0 aromatic heterocycles. The van der Waals surface area contributed by atoms with Crippen LogP contribution in [0.3, 0.4) is 0 Å². The summed E-state index contributed by atoms with van der Waals surface area (Å²) in [4.78, 5) is 0. The molecule has 1 rings (SSSR count). The van der Waals surface area contributed by atoms with Crippen molar-refractivity contribution in [3.05, 3.63) is 35.4 Å². The molecular weight excluding hydrogens is 186 g/mol. The zero-order valence-corrected chi connectivity index (χ0v) is 7.50. The van der Waals surface area contributed by atoms with Gasteiger partial charge in [0, 0.05) is 18.9 Å². The highest BCUT2D eigenvalue weighted by Gasteiger charge is 2.08. The first-order valence-electron chi connectivity index (χ1n) is 4.19. The van der Waals surface area contributed by atoms with E-state index < -0.39 is 17.7 Å². The average Bonchev–Trinajstić information content (AvgIpc) is 2.10. The summed E-state index contributed by atoms with van der Waals surface area (Å²) in [6.07, 6.45) is 4.47. The van der Waals surface area contributed by atoms with Gasteiger partial charge in [0.2, 0.25) is 0 Å². The molecule has 1 nitrogen and oxygen atoms in total. The van der Waals surface area contributed by atoms with Crippen molar-refractivity contribution >= 4 is 0 Å². The third kappa shape index (κ3) is 2.82. The SMILES string of the molecule is C#CCC(O)Cc1ccc(F)cc1F. The molecule has 74 valence electrons. The van der Waals surface area contributed by atoms with Crippen LogP contribution in [0.25, 0.3) is 0 Å². The van der Waals surface area contributed by atoms with Crippen LogP contribution in [0.4, 0.5) is 8.78 Å². The van der Waals surface area contributed by atoms with E-state index in [9.17, 15) is 13.9 Å². The highest BCUT2D eigenvalue weighted by atomic mass is 19.1. The summed E-state index contributed by atoms with van der Waals surface area (Å²) in [6.45, 7) is 0. The Morgan fingerprint density at radius 1 is 1.43 bits per heavy atom. The van der Waals surface area contributed by atoms with E-state index in [4.69, 9.17) is 6.42 Å². The third-order valence-electron chi connectivity index (χ3n) is 1.82. The molecule has 0 amide bonds. The summed E-state index contributed by atoms with van der Waals surface area (Å²) >= 11 is 0. The monoisotopic (exact) mass is 196 g/mol. The minimum Gasteiger partial charge on any atom is -0.392 e. The molecule has 0 saturated heterocycles. The third-order valence-corrected chi connectivity index (χ3v) is 1.82. The molecule has 14 heavy (non-hydrogen) atoms. The molecule has 0 aliphatic rings. The molecule has 1 unspecified atom stereocenters. The molecule has 1 aromatic carbocycles. The summed E-state index contributed by atoms with van der Waals surface area (Å²) in [5, 5.41) is 9.29. The standard InChI is InChI=1S/C11H10F2O/c1-2-3-10(14)6-8-4-5-9(12)7-11(8)13/h1,4-5,7,10,14H,3,6H2. The zero-order valence-electron chi connectivity index (χ0n) is 7.50. The predicted molar refractivity (Wildman–Crippen MR) is 49.5 cm³/mol. The number of terminal acetylenes is 1. The van der Waals surface area contributed by atoms with Crippen LogP contribution < -0.4 is 0 Å². The maximum atomic E-state index is 13.0. The van der Waals surface area contributed by atoms with E-state index in [2.05, 4.69) is 5.92 Å². The lowest BCUT2D eigenvalue weighted by molar-refractivity contribution is 0.179. The topological polar surface area (TPSA) is 20.2 Å². The number of benzene rings is 1. The molecule has 0 fully saturated rings. The summed E-state index contributed by atoms with van der Waals surface area (Å²) in [7, 11) is 0. The second kappa shape index (κ2) is 4.73. The largest absolute Gasteiger partial charge is 0.392 e. The van der Waals surface area contributed by atoms with Gasteiger partial charge in [0.15, 0.2) is 0 Å². The van der Waals surface area contributed by atoms with E-state index in [0.29, 0.717) is 0 Å². The molecule has 1 aromatic rings. The average molecular weight is 196 g/mol. The van der Waals surface area contributed by atoms with Gasteiger partial charge in [-0.1, -0.05) is 6.07 Å². The van der Waals surface area contributed by atoms with Crippen LogP contribution in [0, 0.1) is 24.0 Å². The van der Waals surface area contributed by atoms with Gasteiger partial charge in [-0.25, -0.2) is 8.78 Å². The van der Waals surface area contributed by atoms with Gasteiger partial charge in [-0.3, -0.25) is 0 Å². The first-order chi connectivity index (χ1) is 6.63. The number of rotatable bonds is 3. The number of hydrogen-bond donors (Lipinski definition) is 1. The van der Waals surface area contributed by atoms with Gasteiger partial charge in [-0.05, 0) is 11.6 Å². The van der Waals surface area contributed by atoms with Crippen LogP contribution in [0.2, 0.25) is 0 Å². The smallest absolute Gasteiger partial charge is 0.129 e. The van der Waals surface area contributed by atoms with Gasteiger partial charge in [-0.15, -0.1) is 12.3 Å². The molecule has 0 spiro atoms. The van der Waals surface area contributed by atoms with E-state index >= 15 is 0 Å². The summed E-state index contributed by atoms with van der Waals surface area (Å²) in [5.74, 6) is 0.993. The van der Waals surface area contributed by atoms with Crippen molar-refractivity contribution in [2.45, 2.75) is 18.9 Å². The number of hydrogen-bond acceptors (Lipinski definition) is 1. The number of aliphatic hydroxyl groups is 1. The second-order valence-corrected chi connectivity index (χ2v) is 3.00. The molecular formula is C11H10F2O. The van der Waals surface area contributed by atoms with E-state index in [1.165, 1.54) is 6.07 Å². The Bertz CT molecular complexity index is 355. The molecule has 0 aliphatic carbocycles. The number of aliphatic hydroxyl groups excluding tert-OH is 1. The Balaban J connectivity index is 2.73. The van der Waals surface area contributed by atoms with Gasteiger partial charge in [0.25, 0.3) is 0 Å². The van der Waals surface area contributed by atoms with Crippen LogP contribution >= 0.6 is 0 Å². The Labute approximate surface area is 81.4 Å². The fourth-order valence-electron chi connectivity index (χ4n) is 1.15. The van der Waals surface area contributed by atoms with Gasteiger partial charge in [0.05, 0.1) is 6.10 Å². The molecule has 1 atom stereocenters. The van der Waals surface area contributed by atoms with Crippen LogP contribution in [-0.2, 0) is 6.42 Å². The summed E-state index contributed by atoms with van der Waals surface area (Å²) in [6, 6.07) is 3.25. The quantitative estimate of drug-likeness (QED) is 0.732. The molecule has 1 N–H and O–H groups in total. The highest BCUT2D eigenvalue weighted by molar-refractivity contribution is 5.19. The number of halogens is 2. The van der Waals surface area contributed by atoms with Gasteiger partial charge in [0.1, 0.15) is 11.6 Å². The zero-order chi connectivity index (χ0) is 10.6. The van der Waals surface area contributed by atoms with Crippen molar-refractivity contribution in [2.75, 3.05) is 0 Å². The second-order valence-electron chi connectivity index (χ2n) is 3.00. The van der Waals surface area contributed by atoms with Crippen LogP contribution in [0.15, 0.2) is 18.2 Å². The lowest BCUT2D eigenvalue weighted by atomic mass is 10.1. The minimum atomic E-state index is -0.778. The lowest BCUT2D eigenvalue weighted by Crippen LogP contribution is -2.10. The predicted octanol–water partition coefficient (Wildman–Crippen LogP) is 1.89. The van der Waals surface area contributed by atoms with Crippen molar-refractivity contribution in [1.29, 1.82) is 0 Å². The molecule has 0 bridgehead atoms. The van der Waals surface area contributed by atoms with E-state index in [1.807, 2.05) is 0 Å². The van der Waals surface area contributed by atoms with Crippen molar-refractivity contribution in [2.24, 2.45) is 0 Å². The van der Waals surface area contributed by atoms with Gasteiger partial charge < -0.3 is 5.11 Å². The molecule has 3 heteroatoms. The molecule has 0 saturated carbocycles. The lowest BCUT2D eigenvalue weighted by Gasteiger charge is -2.07. The molecule has 0 radical (unpaired) electrons. The van der Waals surface area contributed by atoms with Crippen LogP contribution in [0.5, 0.6) is 0 Å². The fourth-order valence-corrected chi connectivity index (χ4v) is 1.15. The first-order valence-corrected chi connectivity index (χ1v) is 4.19. The van der Waals surface area contributed by atoms with Crippen LogP contribution in [-0.4, -0.2) is 11.2 Å². The van der Waals surface area contributed by atoms with Gasteiger partial charge >= 0.3 is 0 Å². The Kier molecular flexibility index (Phi) is 3.61.